The summed E-state index contributed by atoms with van der Waals surface area (Å²) in [7, 11) is 1.60. The number of carbonyl (C=O) groups is 2. The Morgan fingerprint density at radius 1 is 1.00 bits per heavy atom. The molecule has 8 nitrogen and oxygen atoms in total. The van der Waals surface area contributed by atoms with Gasteiger partial charge in [0.2, 0.25) is 5.91 Å². The molecule has 2 aromatic heterocycles. The van der Waals surface area contributed by atoms with E-state index >= 15 is 0 Å². The van der Waals surface area contributed by atoms with Crippen molar-refractivity contribution in [2.24, 2.45) is 5.73 Å². The molecule has 0 saturated heterocycles. The van der Waals surface area contributed by atoms with E-state index in [4.69, 9.17) is 33.7 Å². The molecule has 4 rings (SSSR count). The first-order chi connectivity index (χ1) is 17.4. The number of nitrogens with two attached hydrogens (primary N) is 1. The lowest BCUT2D eigenvalue weighted by atomic mass is 10.1. The molecule has 0 atom stereocenters. The van der Waals surface area contributed by atoms with Crippen LogP contribution in [-0.4, -0.2) is 33.7 Å². The third-order valence-electron chi connectivity index (χ3n) is 5.53. The number of ether oxygens (including phenoxy) is 1. The number of carbonyl (C=O) groups excluding carboxylic acids is 2. The van der Waals surface area contributed by atoms with Gasteiger partial charge in [-0.05, 0) is 53.9 Å². The first-order valence-electron chi connectivity index (χ1n) is 11.0. The van der Waals surface area contributed by atoms with Crippen LogP contribution in [0.15, 0.2) is 67.0 Å². The van der Waals surface area contributed by atoms with Crippen molar-refractivity contribution >= 4 is 40.8 Å². The van der Waals surface area contributed by atoms with Gasteiger partial charge in [-0.25, -0.2) is 0 Å². The minimum Gasteiger partial charge on any atom is -0.497 e. The Balaban J connectivity index is 1.64. The maximum Gasteiger partial charge on any atom is 0.254 e. The molecule has 0 unspecified atom stereocenters. The van der Waals surface area contributed by atoms with Crippen LogP contribution in [0, 0.1) is 0 Å². The molecular formula is C26H23Cl2N5O3. The molecule has 0 spiro atoms. The zero-order valence-corrected chi connectivity index (χ0v) is 20.9. The maximum atomic E-state index is 12.8. The molecule has 0 aliphatic carbocycles. The summed E-state index contributed by atoms with van der Waals surface area (Å²) in [6, 6.07) is 16.2. The van der Waals surface area contributed by atoms with Crippen LogP contribution in [0.4, 0.5) is 5.82 Å². The van der Waals surface area contributed by atoms with Gasteiger partial charge in [-0.1, -0.05) is 41.4 Å². The van der Waals surface area contributed by atoms with Gasteiger partial charge >= 0.3 is 0 Å². The Kier molecular flexibility index (Phi) is 7.87. The Bertz CT molecular complexity index is 1390. The highest BCUT2D eigenvalue weighted by molar-refractivity contribution is 6.42. The minimum atomic E-state index is -0.706. The van der Waals surface area contributed by atoms with Crippen molar-refractivity contribution in [1.29, 1.82) is 0 Å². The summed E-state index contributed by atoms with van der Waals surface area (Å²) in [6.45, 7) is 0.334. The Hall–Kier alpha value is -3.88. The van der Waals surface area contributed by atoms with Crippen molar-refractivity contribution in [3.05, 3.63) is 93.7 Å². The molecule has 2 amide bonds. The molecule has 2 aromatic carbocycles. The molecule has 10 heteroatoms. The number of nitrogens with zero attached hydrogens (tertiary/aromatic N) is 3. The molecule has 0 saturated carbocycles. The van der Waals surface area contributed by atoms with E-state index in [0.717, 1.165) is 16.9 Å². The van der Waals surface area contributed by atoms with Crippen molar-refractivity contribution in [1.82, 2.24) is 14.8 Å². The molecule has 0 aliphatic heterocycles. The van der Waals surface area contributed by atoms with Crippen LogP contribution in [0.5, 0.6) is 5.75 Å². The van der Waals surface area contributed by atoms with Crippen molar-refractivity contribution in [3.63, 3.8) is 0 Å². The Morgan fingerprint density at radius 2 is 1.69 bits per heavy atom. The maximum absolute atomic E-state index is 12.8. The van der Waals surface area contributed by atoms with Gasteiger partial charge in [0, 0.05) is 24.4 Å². The number of anilines is 1. The standard InChI is InChI=1S/C26H23Cl2N5O3/c1-36-19-6-2-17(3-7-19)15-33-24(18-10-12-30-13-11-18)23(25(29)35)26(32-33)31-22(34)9-5-16-4-8-20(27)21(28)14-16/h2-4,6-8,10-14H,5,9,15H2,1H3,(H2,29,35)(H,31,32,34). The first-order valence-corrected chi connectivity index (χ1v) is 11.8. The van der Waals surface area contributed by atoms with E-state index in [1.807, 2.05) is 24.3 Å². The number of halogens is 2. The van der Waals surface area contributed by atoms with Gasteiger partial charge in [0.15, 0.2) is 5.82 Å². The van der Waals surface area contributed by atoms with Crippen molar-refractivity contribution < 1.29 is 14.3 Å². The van der Waals surface area contributed by atoms with Gasteiger partial charge < -0.3 is 15.8 Å². The SMILES string of the molecule is COc1ccc(Cn2nc(NC(=O)CCc3ccc(Cl)c(Cl)c3)c(C(N)=O)c2-c2ccncc2)cc1. The van der Waals surface area contributed by atoms with Crippen molar-refractivity contribution in [3.8, 4) is 17.0 Å². The lowest BCUT2D eigenvalue weighted by Gasteiger charge is -2.09. The number of rotatable bonds is 9. The van der Waals surface area contributed by atoms with E-state index in [0.29, 0.717) is 34.3 Å². The fourth-order valence-corrected chi connectivity index (χ4v) is 4.07. The summed E-state index contributed by atoms with van der Waals surface area (Å²) < 4.78 is 6.87. The van der Waals surface area contributed by atoms with Gasteiger partial charge in [0.05, 0.1) is 29.4 Å². The summed E-state index contributed by atoms with van der Waals surface area (Å²) >= 11 is 12.0. The first kappa shape index (κ1) is 25.2. The average Bonchev–Trinajstić information content (AvgIpc) is 3.23. The molecule has 0 fully saturated rings. The number of amides is 2. The number of nitrogens with one attached hydrogen (secondary N) is 1. The number of pyridine rings is 1. The molecule has 2 heterocycles. The van der Waals surface area contributed by atoms with E-state index < -0.39 is 5.91 Å². The lowest BCUT2D eigenvalue weighted by Crippen LogP contribution is -2.18. The van der Waals surface area contributed by atoms with E-state index in [1.165, 1.54) is 0 Å². The minimum absolute atomic E-state index is 0.0990. The number of aryl methyl sites for hydroxylation is 1. The monoisotopic (exact) mass is 523 g/mol. The number of benzene rings is 2. The van der Waals surface area contributed by atoms with Gasteiger partial charge in [0.1, 0.15) is 11.3 Å². The molecule has 184 valence electrons. The molecule has 3 N–H and O–H groups in total. The predicted octanol–water partition coefficient (Wildman–Crippen LogP) is 4.98. The van der Waals surface area contributed by atoms with Crippen LogP contribution in [0.2, 0.25) is 10.0 Å². The Morgan fingerprint density at radius 3 is 2.33 bits per heavy atom. The third-order valence-corrected chi connectivity index (χ3v) is 6.27. The smallest absolute Gasteiger partial charge is 0.254 e. The second-order valence-electron chi connectivity index (χ2n) is 7.97. The third kappa shape index (κ3) is 5.84. The second kappa shape index (κ2) is 11.2. The summed E-state index contributed by atoms with van der Waals surface area (Å²) in [6.07, 6.45) is 3.80. The molecular weight excluding hydrogens is 501 g/mol. The zero-order valence-electron chi connectivity index (χ0n) is 19.4. The largest absolute Gasteiger partial charge is 0.497 e. The summed E-state index contributed by atoms with van der Waals surface area (Å²) in [5.74, 6) is -0.204. The highest BCUT2D eigenvalue weighted by atomic mass is 35.5. The Labute approximate surface area is 218 Å². The molecule has 0 radical (unpaired) electrons. The average molecular weight is 524 g/mol. The van der Waals surface area contributed by atoms with Crippen LogP contribution in [0.1, 0.15) is 27.9 Å². The van der Waals surface area contributed by atoms with Gasteiger partial charge in [0.25, 0.3) is 5.91 Å². The highest BCUT2D eigenvalue weighted by Crippen LogP contribution is 2.30. The van der Waals surface area contributed by atoms with E-state index in [-0.39, 0.29) is 23.7 Å². The van der Waals surface area contributed by atoms with Crippen molar-refractivity contribution in [2.75, 3.05) is 12.4 Å². The van der Waals surface area contributed by atoms with Gasteiger partial charge in [-0.3, -0.25) is 19.3 Å². The van der Waals surface area contributed by atoms with Crippen LogP contribution >= 0.6 is 23.2 Å². The molecule has 4 aromatic rings. The van der Waals surface area contributed by atoms with Crippen LogP contribution in [0.25, 0.3) is 11.3 Å². The topological polar surface area (TPSA) is 112 Å². The van der Waals surface area contributed by atoms with E-state index in [1.54, 1.807) is 54.5 Å². The zero-order chi connectivity index (χ0) is 25.7. The quantitative estimate of drug-likeness (QED) is 0.321. The summed E-state index contributed by atoms with van der Waals surface area (Å²) in [5.41, 5.74) is 8.84. The lowest BCUT2D eigenvalue weighted by molar-refractivity contribution is -0.116. The van der Waals surface area contributed by atoms with E-state index in [9.17, 15) is 9.59 Å². The fraction of sp³-hybridized carbons (Fsp3) is 0.154. The van der Waals surface area contributed by atoms with Crippen molar-refractivity contribution in [2.45, 2.75) is 19.4 Å². The van der Waals surface area contributed by atoms with E-state index in [2.05, 4.69) is 15.4 Å². The number of hydrogen-bond acceptors (Lipinski definition) is 5. The number of hydrogen-bond donors (Lipinski definition) is 2. The fourth-order valence-electron chi connectivity index (χ4n) is 3.75. The molecule has 0 aliphatic rings. The number of methoxy groups -OCH3 is 1. The number of aromatic nitrogens is 3. The summed E-state index contributed by atoms with van der Waals surface area (Å²) in [4.78, 5) is 29.4. The predicted molar refractivity (Wildman–Crippen MR) is 139 cm³/mol. The van der Waals surface area contributed by atoms with Crippen LogP contribution in [-0.2, 0) is 17.8 Å². The second-order valence-corrected chi connectivity index (χ2v) is 8.79. The molecule has 0 bridgehead atoms. The summed E-state index contributed by atoms with van der Waals surface area (Å²) in [5, 5.41) is 8.18. The van der Waals surface area contributed by atoms with Gasteiger partial charge in [-0.2, -0.15) is 5.10 Å². The highest BCUT2D eigenvalue weighted by Gasteiger charge is 2.25. The normalized spacial score (nSPS) is 10.8. The number of primary amides is 1. The van der Waals surface area contributed by atoms with Crippen LogP contribution < -0.4 is 15.8 Å². The van der Waals surface area contributed by atoms with Crippen LogP contribution in [0.3, 0.4) is 0 Å². The molecule has 36 heavy (non-hydrogen) atoms. The van der Waals surface area contributed by atoms with Gasteiger partial charge in [-0.15, -0.1) is 0 Å².